The Labute approximate surface area is 127 Å². The number of hydrogen-bond donors (Lipinski definition) is 2. The molecule has 0 radical (unpaired) electrons. The highest BCUT2D eigenvalue weighted by atomic mass is 16.2. The summed E-state index contributed by atoms with van der Waals surface area (Å²) in [6.45, 7) is 0.857. The summed E-state index contributed by atoms with van der Waals surface area (Å²) in [5.41, 5.74) is 9.71. The van der Waals surface area contributed by atoms with Crippen molar-refractivity contribution in [3.8, 4) is 0 Å². The van der Waals surface area contributed by atoms with Crippen molar-refractivity contribution < 1.29 is 4.79 Å². The molecule has 1 aliphatic carbocycles. The standard InChI is InChI=1S/C17H25N3O/c1-20(2)17(21)14-8-9-15(18)16(12-14)19-11-10-13-6-4-3-5-7-13/h6,8-9,12,19H,3-5,7,10-11,18H2,1-2H3. The highest BCUT2D eigenvalue weighted by Gasteiger charge is 2.10. The maximum Gasteiger partial charge on any atom is 0.253 e. The van der Waals surface area contributed by atoms with Crippen LogP contribution in [0.2, 0.25) is 0 Å². The van der Waals surface area contributed by atoms with Gasteiger partial charge >= 0.3 is 0 Å². The van der Waals surface area contributed by atoms with E-state index in [1.165, 1.54) is 31.3 Å². The maximum atomic E-state index is 12.0. The number of nitrogens with one attached hydrogen (secondary N) is 1. The van der Waals surface area contributed by atoms with Crippen LogP contribution in [0.4, 0.5) is 11.4 Å². The Balaban J connectivity index is 1.97. The third kappa shape index (κ3) is 4.25. The van der Waals surface area contributed by atoms with E-state index in [9.17, 15) is 4.79 Å². The molecule has 0 atom stereocenters. The van der Waals surface area contributed by atoms with Crippen LogP contribution in [0.15, 0.2) is 29.8 Å². The van der Waals surface area contributed by atoms with Crippen molar-refractivity contribution in [2.45, 2.75) is 32.1 Å². The summed E-state index contributed by atoms with van der Waals surface area (Å²) in [6.07, 6.45) is 8.46. The summed E-state index contributed by atoms with van der Waals surface area (Å²) in [5.74, 6) is -0.00645. The molecule has 1 aromatic carbocycles. The molecule has 0 aliphatic heterocycles. The molecule has 4 nitrogen and oxygen atoms in total. The van der Waals surface area contributed by atoms with E-state index in [-0.39, 0.29) is 5.91 Å². The molecule has 1 amide bonds. The average molecular weight is 287 g/mol. The van der Waals surface area contributed by atoms with Gasteiger partial charge in [-0.1, -0.05) is 11.6 Å². The lowest BCUT2D eigenvalue weighted by molar-refractivity contribution is 0.0827. The van der Waals surface area contributed by atoms with Crippen molar-refractivity contribution in [2.24, 2.45) is 0 Å². The third-order valence-corrected chi connectivity index (χ3v) is 3.85. The van der Waals surface area contributed by atoms with Gasteiger partial charge in [0.2, 0.25) is 0 Å². The molecule has 0 saturated carbocycles. The Morgan fingerprint density at radius 3 is 2.81 bits per heavy atom. The zero-order chi connectivity index (χ0) is 15.2. The summed E-state index contributed by atoms with van der Waals surface area (Å²) in [5, 5.41) is 3.36. The summed E-state index contributed by atoms with van der Waals surface area (Å²) in [7, 11) is 3.50. The largest absolute Gasteiger partial charge is 0.397 e. The maximum absolute atomic E-state index is 12.0. The molecular weight excluding hydrogens is 262 g/mol. The van der Waals surface area contributed by atoms with Gasteiger partial charge in [0.1, 0.15) is 0 Å². The van der Waals surface area contributed by atoms with E-state index in [2.05, 4.69) is 11.4 Å². The Kier molecular flexibility index (Phi) is 5.26. The lowest BCUT2D eigenvalue weighted by atomic mass is 9.97. The Bertz CT molecular complexity index is 535. The molecule has 0 fully saturated rings. The van der Waals surface area contributed by atoms with E-state index in [0.717, 1.165) is 18.7 Å². The smallest absolute Gasteiger partial charge is 0.253 e. The Morgan fingerprint density at radius 2 is 2.14 bits per heavy atom. The first kappa shape index (κ1) is 15.4. The monoisotopic (exact) mass is 287 g/mol. The lowest BCUT2D eigenvalue weighted by Gasteiger charge is -2.16. The molecule has 114 valence electrons. The number of allylic oxidation sites excluding steroid dienone is 1. The number of nitrogens with two attached hydrogens (primary N) is 1. The molecule has 0 saturated heterocycles. The third-order valence-electron chi connectivity index (χ3n) is 3.85. The van der Waals surface area contributed by atoms with E-state index >= 15 is 0 Å². The number of rotatable bonds is 5. The number of anilines is 2. The van der Waals surface area contributed by atoms with Crippen molar-refractivity contribution in [2.75, 3.05) is 31.7 Å². The highest BCUT2D eigenvalue weighted by Crippen LogP contribution is 2.23. The molecule has 0 spiro atoms. The zero-order valence-corrected chi connectivity index (χ0v) is 13.0. The van der Waals surface area contributed by atoms with Gasteiger partial charge in [0.15, 0.2) is 0 Å². The molecule has 0 heterocycles. The molecule has 21 heavy (non-hydrogen) atoms. The van der Waals surface area contributed by atoms with Crippen LogP contribution in [0.5, 0.6) is 0 Å². The lowest BCUT2D eigenvalue weighted by Crippen LogP contribution is -2.21. The van der Waals surface area contributed by atoms with Crippen molar-refractivity contribution in [3.63, 3.8) is 0 Å². The number of amides is 1. The minimum absolute atomic E-state index is 0.00645. The SMILES string of the molecule is CN(C)C(=O)c1ccc(N)c(NCCC2=CCCCC2)c1. The summed E-state index contributed by atoms with van der Waals surface area (Å²) < 4.78 is 0. The van der Waals surface area contributed by atoms with Gasteiger partial charge in [0, 0.05) is 26.2 Å². The Hall–Kier alpha value is -1.97. The normalized spacial score (nSPS) is 14.5. The second-order valence-corrected chi connectivity index (χ2v) is 5.79. The number of nitrogens with zero attached hydrogens (tertiary/aromatic N) is 1. The number of nitrogen functional groups attached to an aromatic ring is 1. The minimum Gasteiger partial charge on any atom is -0.397 e. The van der Waals surface area contributed by atoms with Crippen molar-refractivity contribution in [1.82, 2.24) is 4.90 Å². The summed E-state index contributed by atoms with van der Waals surface area (Å²) >= 11 is 0. The van der Waals surface area contributed by atoms with Gasteiger partial charge in [-0.2, -0.15) is 0 Å². The van der Waals surface area contributed by atoms with Crippen LogP contribution in [0.3, 0.4) is 0 Å². The molecule has 0 bridgehead atoms. The predicted molar refractivity (Wildman–Crippen MR) is 88.5 cm³/mol. The molecule has 1 aromatic rings. The van der Waals surface area contributed by atoms with Crippen LogP contribution >= 0.6 is 0 Å². The molecule has 1 aliphatic rings. The van der Waals surface area contributed by atoms with Crippen LogP contribution < -0.4 is 11.1 Å². The first-order valence-corrected chi connectivity index (χ1v) is 7.61. The van der Waals surface area contributed by atoms with Gasteiger partial charge in [0.25, 0.3) is 5.91 Å². The average Bonchev–Trinajstić information content (AvgIpc) is 2.49. The topological polar surface area (TPSA) is 58.4 Å². The van der Waals surface area contributed by atoms with Crippen LogP contribution in [0, 0.1) is 0 Å². The number of hydrogen-bond acceptors (Lipinski definition) is 3. The van der Waals surface area contributed by atoms with E-state index in [1.807, 2.05) is 6.07 Å². The second-order valence-electron chi connectivity index (χ2n) is 5.79. The van der Waals surface area contributed by atoms with Gasteiger partial charge in [-0.05, 0) is 50.3 Å². The quantitative estimate of drug-likeness (QED) is 0.645. The van der Waals surface area contributed by atoms with Gasteiger partial charge in [-0.25, -0.2) is 0 Å². The molecule has 3 N–H and O–H groups in total. The van der Waals surface area contributed by atoms with Gasteiger partial charge in [0.05, 0.1) is 11.4 Å². The minimum atomic E-state index is -0.00645. The van der Waals surface area contributed by atoms with E-state index < -0.39 is 0 Å². The predicted octanol–water partition coefficient (Wildman–Crippen LogP) is 3.27. The van der Waals surface area contributed by atoms with E-state index in [1.54, 1.807) is 31.1 Å². The van der Waals surface area contributed by atoms with E-state index in [4.69, 9.17) is 5.73 Å². The van der Waals surface area contributed by atoms with Crippen LogP contribution in [0.1, 0.15) is 42.5 Å². The number of benzene rings is 1. The highest BCUT2D eigenvalue weighted by molar-refractivity contribution is 5.95. The summed E-state index contributed by atoms with van der Waals surface area (Å²) in [6, 6.07) is 5.40. The molecule has 0 aromatic heterocycles. The second kappa shape index (κ2) is 7.16. The molecular formula is C17H25N3O. The number of carbonyl (C=O) groups is 1. The summed E-state index contributed by atoms with van der Waals surface area (Å²) in [4.78, 5) is 13.5. The fraction of sp³-hybridized carbons (Fsp3) is 0.471. The fourth-order valence-electron chi connectivity index (χ4n) is 2.59. The van der Waals surface area contributed by atoms with Crippen LogP contribution in [-0.4, -0.2) is 31.4 Å². The van der Waals surface area contributed by atoms with Crippen LogP contribution in [0.25, 0.3) is 0 Å². The van der Waals surface area contributed by atoms with Crippen LogP contribution in [-0.2, 0) is 0 Å². The first-order valence-electron chi connectivity index (χ1n) is 7.61. The van der Waals surface area contributed by atoms with Crippen molar-refractivity contribution in [1.29, 1.82) is 0 Å². The molecule has 2 rings (SSSR count). The molecule has 0 unspecified atom stereocenters. The molecule has 4 heteroatoms. The Morgan fingerprint density at radius 1 is 1.33 bits per heavy atom. The van der Waals surface area contributed by atoms with Gasteiger partial charge < -0.3 is 16.0 Å². The number of carbonyl (C=O) groups excluding carboxylic acids is 1. The van der Waals surface area contributed by atoms with Crippen molar-refractivity contribution in [3.05, 3.63) is 35.4 Å². The van der Waals surface area contributed by atoms with E-state index in [0.29, 0.717) is 11.3 Å². The first-order chi connectivity index (χ1) is 10.1. The fourth-order valence-corrected chi connectivity index (χ4v) is 2.59. The zero-order valence-electron chi connectivity index (χ0n) is 13.0. The van der Waals surface area contributed by atoms with Gasteiger partial charge in [-0.3, -0.25) is 4.79 Å². The van der Waals surface area contributed by atoms with Gasteiger partial charge in [-0.15, -0.1) is 0 Å². The van der Waals surface area contributed by atoms with Crippen molar-refractivity contribution >= 4 is 17.3 Å².